The van der Waals surface area contributed by atoms with Crippen LogP contribution in [0.4, 0.5) is 5.82 Å². The molecule has 0 atom stereocenters. The van der Waals surface area contributed by atoms with Gasteiger partial charge in [0.2, 0.25) is 0 Å². The van der Waals surface area contributed by atoms with Crippen molar-refractivity contribution in [2.45, 2.75) is 38.1 Å². The molecule has 6 rings (SSSR count). The number of benzene rings is 1. The van der Waals surface area contributed by atoms with E-state index in [0.717, 1.165) is 36.3 Å². The average molecular weight is 398 g/mol. The summed E-state index contributed by atoms with van der Waals surface area (Å²) in [7, 11) is 0. The summed E-state index contributed by atoms with van der Waals surface area (Å²) in [6.45, 7) is 2.02. The van der Waals surface area contributed by atoms with Crippen molar-refractivity contribution < 1.29 is 9.53 Å². The highest BCUT2D eigenvalue weighted by atomic mass is 35.5. The predicted octanol–water partition coefficient (Wildman–Crippen LogP) is 3.46. The molecule has 0 amide bonds. The summed E-state index contributed by atoms with van der Waals surface area (Å²) in [4.78, 5) is 21.1. The van der Waals surface area contributed by atoms with Crippen LogP contribution in [0.25, 0.3) is 5.65 Å². The molecule has 1 aromatic carbocycles. The highest BCUT2D eigenvalue weighted by Crippen LogP contribution is 2.70. The number of nitrogens with one attached hydrogen (secondary N) is 1. The number of ether oxygens (including phenoxy) is 1. The third-order valence-electron chi connectivity index (χ3n) is 5.82. The van der Waals surface area contributed by atoms with Crippen LogP contribution in [0, 0.1) is 12.3 Å². The van der Waals surface area contributed by atoms with Crippen molar-refractivity contribution in [1.29, 1.82) is 0 Å². The molecular weight excluding hydrogens is 378 g/mol. The van der Waals surface area contributed by atoms with Crippen molar-refractivity contribution in [3.8, 4) is 5.75 Å². The summed E-state index contributed by atoms with van der Waals surface area (Å²) in [5, 5.41) is 8.36. The molecule has 3 fully saturated rings. The van der Waals surface area contributed by atoms with Crippen molar-refractivity contribution in [2.24, 2.45) is 5.41 Å². The van der Waals surface area contributed by atoms with Crippen LogP contribution in [0.1, 0.15) is 31.2 Å². The largest absolute Gasteiger partial charge is 0.486 e. The van der Waals surface area contributed by atoms with E-state index >= 15 is 0 Å². The monoisotopic (exact) mass is 397 g/mol. The van der Waals surface area contributed by atoms with E-state index in [1.54, 1.807) is 29.0 Å². The third-order valence-corrected chi connectivity index (χ3v) is 6.25. The predicted molar refractivity (Wildman–Crippen MR) is 105 cm³/mol. The van der Waals surface area contributed by atoms with Crippen LogP contribution in [0.3, 0.4) is 0 Å². The Morgan fingerprint density at radius 2 is 2.14 bits per heavy atom. The van der Waals surface area contributed by atoms with Gasteiger partial charge in [-0.1, -0.05) is 11.6 Å². The molecule has 8 heteroatoms. The van der Waals surface area contributed by atoms with E-state index in [9.17, 15) is 4.79 Å². The lowest BCUT2D eigenvalue weighted by molar-refractivity contribution is -0.147. The second kappa shape index (κ2) is 6.17. The zero-order valence-corrected chi connectivity index (χ0v) is 16.2. The Labute approximate surface area is 167 Å². The maximum Gasteiger partial charge on any atom is 0.198 e. The normalized spacial score (nSPS) is 25.1. The maximum atomic E-state index is 12.4. The highest BCUT2D eigenvalue weighted by molar-refractivity contribution is 6.31. The van der Waals surface area contributed by atoms with Gasteiger partial charge in [-0.3, -0.25) is 4.79 Å². The fraction of sp³-hybridized carbons (Fsp3) is 0.400. The number of anilines is 1. The number of carbonyl (C=O) groups excluding carboxylic acids is 1. The van der Waals surface area contributed by atoms with E-state index in [4.69, 9.17) is 16.3 Å². The smallest absolute Gasteiger partial charge is 0.198 e. The fourth-order valence-corrected chi connectivity index (χ4v) is 4.87. The molecular formula is C20H20ClN5O2. The lowest BCUT2D eigenvalue weighted by Gasteiger charge is -2.70. The molecule has 7 nitrogen and oxygen atoms in total. The number of ketones is 1. The highest BCUT2D eigenvalue weighted by Gasteiger charge is 2.68. The first-order valence-corrected chi connectivity index (χ1v) is 9.67. The van der Waals surface area contributed by atoms with Crippen LogP contribution in [-0.2, 0) is 4.79 Å². The Hall–Kier alpha value is -2.67. The van der Waals surface area contributed by atoms with Crippen molar-refractivity contribution >= 4 is 28.8 Å². The average Bonchev–Trinajstić information content (AvgIpc) is 3.09. The molecule has 0 aliphatic heterocycles. The molecule has 28 heavy (non-hydrogen) atoms. The van der Waals surface area contributed by atoms with Crippen molar-refractivity contribution in [2.75, 3.05) is 11.9 Å². The van der Waals surface area contributed by atoms with Crippen LogP contribution in [0.15, 0.2) is 36.9 Å². The third kappa shape index (κ3) is 2.90. The van der Waals surface area contributed by atoms with E-state index in [-0.39, 0.29) is 23.3 Å². The lowest BCUT2D eigenvalue weighted by atomic mass is 9.38. The SMILES string of the molecule is Cc1cc(OCC(=O)CC23CC(Nc4nccn5ncnc45)(C2)C3)ccc1Cl. The first kappa shape index (κ1) is 17.4. The Kier molecular flexibility index (Phi) is 3.84. The summed E-state index contributed by atoms with van der Waals surface area (Å²) < 4.78 is 7.35. The van der Waals surface area contributed by atoms with E-state index in [2.05, 4.69) is 20.4 Å². The molecule has 2 aromatic heterocycles. The molecule has 0 saturated heterocycles. The molecule has 3 aliphatic carbocycles. The molecule has 0 unspecified atom stereocenters. The first-order chi connectivity index (χ1) is 13.5. The number of nitrogens with zero attached hydrogens (tertiary/aromatic N) is 4. The quantitative estimate of drug-likeness (QED) is 0.657. The van der Waals surface area contributed by atoms with Crippen LogP contribution in [-0.4, -0.2) is 37.5 Å². The van der Waals surface area contributed by atoms with Crippen LogP contribution >= 0.6 is 11.6 Å². The Morgan fingerprint density at radius 3 is 2.93 bits per heavy atom. The van der Waals surface area contributed by atoms with Crippen molar-refractivity contribution in [1.82, 2.24) is 19.6 Å². The maximum absolute atomic E-state index is 12.4. The van der Waals surface area contributed by atoms with E-state index in [1.807, 2.05) is 13.0 Å². The number of fused-ring (bicyclic) bond motifs is 1. The first-order valence-electron chi connectivity index (χ1n) is 9.29. The second-order valence-electron chi connectivity index (χ2n) is 8.15. The Balaban J connectivity index is 1.15. The number of hydrogen-bond acceptors (Lipinski definition) is 6. The lowest BCUT2D eigenvalue weighted by Crippen LogP contribution is -2.71. The molecule has 144 valence electrons. The minimum absolute atomic E-state index is 0.0369. The second-order valence-corrected chi connectivity index (χ2v) is 8.56. The number of aromatic nitrogens is 4. The van der Waals surface area contributed by atoms with Crippen LogP contribution < -0.4 is 10.1 Å². The van der Waals surface area contributed by atoms with Gasteiger partial charge in [0.15, 0.2) is 17.2 Å². The number of Topliss-reactive ketones (excluding diaryl/α,β-unsaturated/α-hetero) is 1. The molecule has 2 heterocycles. The minimum Gasteiger partial charge on any atom is -0.486 e. The van der Waals surface area contributed by atoms with E-state index in [0.29, 0.717) is 17.2 Å². The molecule has 3 aromatic rings. The number of aryl methyl sites for hydroxylation is 1. The number of rotatable bonds is 7. The van der Waals surface area contributed by atoms with Gasteiger partial charge in [0.25, 0.3) is 0 Å². The Bertz CT molecular complexity index is 1060. The van der Waals surface area contributed by atoms with Gasteiger partial charge in [-0.05, 0) is 55.4 Å². The summed E-state index contributed by atoms with van der Waals surface area (Å²) in [6, 6.07) is 5.44. The molecule has 1 N–H and O–H groups in total. The zero-order valence-electron chi connectivity index (χ0n) is 15.5. The summed E-state index contributed by atoms with van der Waals surface area (Å²) in [5.41, 5.74) is 1.82. The van der Waals surface area contributed by atoms with Gasteiger partial charge in [-0.15, -0.1) is 0 Å². The van der Waals surface area contributed by atoms with Gasteiger partial charge < -0.3 is 10.1 Å². The van der Waals surface area contributed by atoms with Crippen molar-refractivity contribution in [3.05, 3.63) is 47.5 Å². The molecule has 0 radical (unpaired) electrons. The summed E-state index contributed by atoms with van der Waals surface area (Å²) in [6.07, 6.45) is 8.49. The minimum atomic E-state index is 0.0369. The van der Waals surface area contributed by atoms with Gasteiger partial charge >= 0.3 is 0 Å². The van der Waals surface area contributed by atoms with Gasteiger partial charge in [-0.2, -0.15) is 5.10 Å². The zero-order chi connectivity index (χ0) is 19.4. The van der Waals surface area contributed by atoms with Gasteiger partial charge in [0.05, 0.1) is 0 Å². The van der Waals surface area contributed by atoms with Crippen molar-refractivity contribution in [3.63, 3.8) is 0 Å². The van der Waals surface area contributed by atoms with E-state index in [1.165, 1.54) is 6.33 Å². The van der Waals surface area contributed by atoms with Gasteiger partial charge in [0.1, 0.15) is 18.7 Å². The topological polar surface area (TPSA) is 81.4 Å². The van der Waals surface area contributed by atoms with E-state index < -0.39 is 0 Å². The summed E-state index contributed by atoms with van der Waals surface area (Å²) >= 11 is 6.02. The number of hydrogen-bond donors (Lipinski definition) is 1. The van der Waals surface area contributed by atoms with Gasteiger partial charge in [-0.25, -0.2) is 14.5 Å². The molecule has 2 bridgehead atoms. The van der Waals surface area contributed by atoms with Crippen LogP contribution in [0.5, 0.6) is 5.75 Å². The number of halogens is 1. The summed E-state index contributed by atoms with van der Waals surface area (Å²) in [5.74, 6) is 1.57. The van der Waals surface area contributed by atoms with Crippen LogP contribution in [0.2, 0.25) is 5.02 Å². The Morgan fingerprint density at radius 1 is 1.32 bits per heavy atom. The molecule has 0 spiro atoms. The molecule has 3 saturated carbocycles. The van der Waals surface area contributed by atoms with Gasteiger partial charge in [0, 0.05) is 29.4 Å². The number of carbonyl (C=O) groups is 1. The fourth-order valence-electron chi connectivity index (χ4n) is 4.76. The molecule has 3 aliphatic rings. The standard InChI is InChI=1S/C20H20ClN5O2/c1-13-6-15(2-3-16(13)21)28-8-14(27)7-19-9-20(10-19,11-19)25-17-18-23-12-24-26(18)5-4-22-17/h2-6,12H,7-11H2,1H3,(H,22,25).